The average Bonchev–Trinajstić information content (AvgIpc) is 2.46. The van der Waals surface area contributed by atoms with Crippen LogP contribution < -0.4 is 10.4 Å². The van der Waals surface area contributed by atoms with Crippen LogP contribution in [0.2, 0.25) is 0 Å². The lowest BCUT2D eigenvalue weighted by molar-refractivity contribution is 0.417. The van der Waals surface area contributed by atoms with Crippen molar-refractivity contribution in [3.63, 3.8) is 0 Å². The summed E-state index contributed by atoms with van der Waals surface area (Å²) in [5.74, 6) is 0.720. The predicted molar refractivity (Wildman–Crippen MR) is 86.9 cm³/mol. The monoisotopic (exact) mass is 330 g/mol. The lowest BCUT2D eigenvalue weighted by atomic mass is 9.92. The third-order valence-electron chi connectivity index (χ3n) is 3.81. The van der Waals surface area contributed by atoms with E-state index in [1.165, 1.54) is 0 Å². The van der Waals surface area contributed by atoms with Crippen LogP contribution in [0.5, 0.6) is 11.6 Å². The summed E-state index contributed by atoms with van der Waals surface area (Å²) in [6, 6.07) is 7.26. The van der Waals surface area contributed by atoms with Crippen molar-refractivity contribution in [3.8, 4) is 11.6 Å². The van der Waals surface area contributed by atoms with Crippen LogP contribution in [0, 0.1) is 9.41 Å². The first kappa shape index (κ1) is 13.4. The van der Waals surface area contributed by atoms with Gasteiger partial charge in [-0.3, -0.25) is 0 Å². The van der Waals surface area contributed by atoms with Crippen LogP contribution in [0.4, 0.5) is 0 Å². The van der Waals surface area contributed by atoms with Crippen LogP contribution in [0.25, 0.3) is 11.0 Å². The maximum absolute atomic E-state index is 12.4. The van der Waals surface area contributed by atoms with Crippen molar-refractivity contribution in [1.29, 1.82) is 0 Å². The summed E-state index contributed by atoms with van der Waals surface area (Å²) in [5.41, 5.74) is 1.25. The Morgan fingerprint density at radius 2 is 1.91 bits per heavy atom. The van der Waals surface area contributed by atoms with Gasteiger partial charge >= 0.3 is 5.63 Å². The Morgan fingerprint density at radius 3 is 2.73 bits per heavy atom. The van der Waals surface area contributed by atoms with Gasteiger partial charge in [0.2, 0.25) is 5.88 Å². The van der Waals surface area contributed by atoms with E-state index in [1.54, 1.807) is 6.07 Å². The van der Waals surface area contributed by atoms with E-state index in [1.807, 2.05) is 25.1 Å². The number of ether oxygens (including phenoxy) is 1. The normalized spacial score (nSPS) is 16.0. The van der Waals surface area contributed by atoms with Crippen molar-refractivity contribution in [2.75, 3.05) is 0 Å². The number of aromatic amines is 2. The quantitative estimate of drug-likeness (QED) is 0.478. The van der Waals surface area contributed by atoms with Crippen LogP contribution >= 0.6 is 24.4 Å². The molecular formula is C15H10N2O3S2. The summed E-state index contributed by atoms with van der Waals surface area (Å²) in [7, 11) is 0. The zero-order chi connectivity index (χ0) is 15.4. The summed E-state index contributed by atoms with van der Waals surface area (Å²) < 4.78 is 12.2. The molecule has 1 atom stereocenters. The van der Waals surface area contributed by atoms with Crippen molar-refractivity contribution >= 4 is 35.4 Å². The Hall–Kier alpha value is -2.25. The summed E-state index contributed by atoms with van der Waals surface area (Å²) in [5, 5.41) is 0.743. The summed E-state index contributed by atoms with van der Waals surface area (Å²) in [6.07, 6.45) is 0. The minimum atomic E-state index is -0.413. The van der Waals surface area contributed by atoms with Crippen molar-refractivity contribution < 1.29 is 9.15 Å². The summed E-state index contributed by atoms with van der Waals surface area (Å²) >= 11 is 10.4. The van der Waals surface area contributed by atoms with Crippen molar-refractivity contribution in [2.45, 2.75) is 12.8 Å². The average molecular weight is 330 g/mol. The molecule has 0 radical (unpaired) electrons. The first-order valence-corrected chi connectivity index (χ1v) is 7.48. The highest BCUT2D eigenvalue weighted by Crippen LogP contribution is 2.44. The molecule has 0 bridgehead atoms. The van der Waals surface area contributed by atoms with Gasteiger partial charge in [-0.25, -0.2) is 4.79 Å². The summed E-state index contributed by atoms with van der Waals surface area (Å²) in [4.78, 5) is 18.2. The van der Waals surface area contributed by atoms with E-state index in [9.17, 15) is 4.79 Å². The van der Waals surface area contributed by atoms with Crippen LogP contribution in [-0.4, -0.2) is 9.97 Å². The molecule has 0 spiro atoms. The first-order valence-electron chi connectivity index (χ1n) is 6.66. The van der Waals surface area contributed by atoms with E-state index in [2.05, 4.69) is 9.97 Å². The fraction of sp³-hybridized carbons (Fsp3) is 0.133. The van der Waals surface area contributed by atoms with Crippen LogP contribution in [0.1, 0.15) is 24.0 Å². The Labute approximate surface area is 134 Å². The largest absolute Gasteiger partial charge is 0.439 e. The molecule has 1 aliphatic heterocycles. The fourth-order valence-corrected chi connectivity index (χ4v) is 3.45. The number of benzene rings is 1. The van der Waals surface area contributed by atoms with Gasteiger partial charge in [-0.05, 0) is 24.4 Å². The van der Waals surface area contributed by atoms with Crippen molar-refractivity contribution in [3.05, 3.63) is 55.2 Å². The minimum absolute atomic E-state index is 0.254. The first-order chi connectivity index (χ1) is 10.6. The Morgan fingerprint density at radius 1 is 1.14 bits per heavy atom. The van der Waals surface area contributed by atoms with Gasteiger partial charge in [-0.2, -0.15) is 0 Å². The molecule has 2 aromatic heterocycles. The van der Waals surface area contributed by atoms with Gasteiger partial charge in [-0.15, -0.1) is 0 Å². The molecule has 1 aromatic carbocycles. The standard InChI is InChI=1S/C15H10N2O3S2/c1-6-9-11(7-4-2-3-5-8(7)19-14(9)18)20-12-10(6)13(21)17-15(22)16-12/h2-6H,1H3,(H2,16,17,21,22). The van der Waals surface area contributed by atoms with Gasteiger partial charge in [0, 0.05) is 5.92 Å². The zero-order valence-electron chi connectivity index (χ0n) is 11.4. The highest BCUT2D eigenvalue weighted by Gasteiger charge is 2.31. The number of hydrogen-bond donors (Lipinski definition) is 2. The minimum Gasteiger partial charge on any atom is -0.439 e. The third-order valence-corrected chi connectivity index (χ3v) is 4.34. The maximum atomic E-state index is 12.4. The Kier molecular flexibility index (Phi) is 2.82. The Bertz CT molecular complexity index is 1090. The second-order valence-electron chi connectivity index (χ2n) is 5.10. The lowest BCUT2D eigenvalue weighted by Gasteiger charge is -2.24. The van der Waals surface area contributed by atoms with Crippen LogP contribution in [-0.2, 0) is 0 Å². The Balaban J connectivity index is 2.13. The van der Waals surface area contributed by atoms with E-state index >= 15 is 0 Å². The summed E-state index contributed by atoms with van der Waals surface area (Å²) in [6.45, 7) is 1.90. The maximum Gasteiger partial charge on any atom is 0.343 e. The number of fused-ring (bicyclic) bond motifs is 4. The second kappa shape index (κ2) is 4.62. The number of nitrogens with one attached hydrogen (secondary N) is 2. The van der Waals surface area contributed by atoms with Crippen molar-refractivity contribution in [1.82, 2.24) is 9.97 Å². The van der Waals surface area contributed by atoms with Gasteiger partial charge < -0.3 is 19.1 Å². The van der Waals surface area contributed by atoms with E-state index in [4.69, 9.17) is 33.6 Å². The third kappa shape index (κ3) is 1.79. The molecule has 0 saturated carbocycles. The molecule has 0 fully saturated rings. The van der Waals surface area contributed by atoms with E-state index in [-0.39, 0.29) is 5.92 Å². The molecule has 0 amide bonds. The fourth-order valence-electron chi connectivity index (χ4n) is 2.81. The smallest absolute Gasteiger partial charge is 0.343 e. The SMILES string of the molecule is CC1c2c([nH]c(=S)[nH]c2=S)Oc2c1c(=O)oc1ccccc21. The molecule has 1 unspecified atom stereocenters. The highest BCUT2D eigenvalue weighted by atomic mass is 32.1. The number of para-hydroxylation sites is 1. The van der Waals surface area contributed by atoms with Crippen molar-refractivity contribution in [2.24, 2.45) is 0 Å². The molecular weight excluding hydrogens is 320 g/mol. The van der Waals surface area contributed by atoms with Crippen LogP contribution in [0.15, 0.2) is 33.5 Å². The number of H-pyrrole nitrogens is 2. The molecule has 4 rings (SSSR count). The molecule has 0 saturated heterocycles. The van der Waals surface area contributed by atoms with Gasteiger partial charge in [0.1, 0.15) is 10.2 Å². The van der Waals surface area contributed by atoms with Gasteiger partial charge in [0.15, 0.2) is 10.5 Å². The number of hydrogen-bond acceptors (Lipinski definition) is 5. The molecule has 7 heteroatoms. The van der Waals surface area contributed by atoms with Gasteiger partial charge in [-0.1, -0.05) is 31.3 Å². The molecule has 0 aliphatic carbocycles. The zero-order valence-corrected chi connectivity index (χ0v) is 13.1. The van der Waals surface area contributed by atoms with Crippen LogP contribution in [0.3, 0.4) is 0 Å². The van der Waals surface area contributed by atoms with Gasteiger partial charge in [0.05, 0.1) is 16.5 Å². The molecule has 110 valence electrons. The number of aromatic nitrogens is 2. The topological polar surface area (TPSA) is 71.0 Å². The second-order valence-corrected chi connectivity index (χ2v) is 5.92. The highest BCUT2D eigenvalue weighted by molar-refractivity contribution is 7.72. The molecule has 5 nitrogen and oxygen atoms in total. The molecule has 2 N–H and O–H groups in total. The lowest BCUT2D eigenvalue weighted by Crippen LogP contribution is -2.19. The van der Waals surface area contributed by atoms with E-state index < -0.39 is 5.63 Å². The number of rotatable bonds is 0. The van der Waals surface area contributed by atoms with E-state index in [0.717, 1.165) is 5.39 Å². The molecule has 1 aliphatic rings. The van der Waals surface area contributed by atoms with E-state index in [0.29, 0.717) is 37.8 Å². The molecule has 22 heavy (non-hydrogen) atoms. The van der Waals surface area contributed by atoms with Gasteiger partial charge in [0.25, 0.3) is 0 Å². The molecule has 3 aromatic rings. The molecule has 3 heterocycles. The predicted octanol–water partition coefficient (Wildman–Crippen LogP) is 4.17.